The second kappa shape index (κ2) is 3.02. The Labute approximate surface area is 88.0 Å². The number of halogens is 1. The van der Waals surface area contributed by atoms with Crippen LogP contribution in [0, 0.1) is 12.7 Å². The number of fused-ring (bicyclic) bond motifs is 1. The van der Waals surface area contributed by atoms with E-state index in [0.29, 0.717) is 5.92 Å². The third-order valence-corrected chi connectivity index (χ3v) is 2.97. The van der Waals surface area contributed by atoms with Crippen LogP contribution in [-0.4, -0.2) is 4.98 Å². The highest BCUT2D eigenvalue weighted by Gasteiger charge is 2.28. The van der Waals surface area contributed by atoms with Gasteiger partial charge in [-0.25, -0.2) is 4.39 Å². The molecule has 0 amide bonds. The topological polar surface area (TPSA) is 12.9 Å². The Balaban J connectivity index is 2.36. The number of pyridine rings is 1. The number of hydrogen-bond donors (Lipinski definition) is 0. The normalized spacial score (nSPS) is 15.9. The van der Waals surface area contributed by atoms with Gasteiger partial charge >= 0.3 is 0 Å². The fourth-order valence-electron chi connectivity index (χ4n) is 2.04. The molecule has 0 atom stereocenters. The lowest BCUT2D eigenvalue weighted by atomic mass is 10.0. The molecule has 1 aliphatic rings. The monoisotopic (exact) mass is 201 g/mol. The lowest BCUT2D eigenvalue weighted by Crippen LogP contribution is -1.93. The second-order valence-corrected chi connectivity index (χ2v) is 4.26. The SMILES string of the molecule is Cc1ccc2ccc(F)c(C3CC3)c2n1. The summed E-state index contributed by atoms with van der Waals surface area (Å²) in [6.45, 7) is 1.95. The summed E-state index contributed by atoms with van der Waals surface area (Å²) < 4.78 is 13.7. The van der Waals surface area contributed by atoms with Gasteiger partial charge in [-0.15, -0.1) is 0 Å². The molecule has 0 radical (unpaired) electrons. The summed E-state index contributed by atoms with van der Waals surface area (Å²) in [4.78, 5) is 4.46. The Morgan fingerprint density at radius 1 is 1.20 bits per heavy atom. The van der Waals surface area contributed by atoms with E-state index in [1.807, 2.05) is 25.1 Å². The minimum absolute atomic E-state index is 0.0944. The molecule has 1 saturated carbocycles. The van der Waals surface area contributed by atoms with Gasteiger partial charge in [0.05, 0.1) is 5.52 Å². The first-order valence-corrected chi connectivity index (χ1v) is 5.31. The smallest absolute Gasteiger partial charge is 0.128 e. The van der Waals surface area contributed by atoms with Crippen molar-refractivity contribution < 1.29 is 4.39 Å². The van der Waals surface area contributed by atoms with Crippen molar-refractivity contribution >= 4 is 10.9 Å². The van der Waals surface area contributed by atoms with Crippen LogP contribution < -0.4 is 0 Å². The standard InChI is InChI=1S/C13H12FN/c1-8-2-3-10-6-7-11(14)12(9-4-5-9)13(10)15-8/h2-3,6-7,9H,4-5H2,1H3. The van der Waals surface area contributed by atoms with E-state index < -0.39 is 0 Å². The molecule has 1 nitrogen and oxygen atoms in total. The molecule has 2 heteroatoms. The number of aryl methyl sites for hydroxylation is 1. The number of aromatic nitrogens is 1. The largest absolute Gasteiger partial charge is 0.253 e. The summed E-state index contributed by atoms with van der Waals surface area (Å²) in [5, 5.41) is 1.05. The van der Waals surface area contributed by atoms with Crippen molar-refractivity contribution in [1.82, 2.24) is 4.98 Å². The van der Waals surface area contributed by atoms with Crippen molar-refractivity contribution in [3.63, 3.8) is 0 Å². The van der Waals surface area contributed by atoms with Crippen molar-refractivity contribution in [2.24, 2.45) is 0 Å². The molecule has 1 aromatic carbocycles. The predicted molar refractivity (Wildman–Crippen MR) is 58.4 cm³/mol. The first-order chi connectivity index (χ1) is 7.25. The fraction of sp³-hybridized carbons (Fsp3) is 0.308. The summed E-state index contributed by atoms with van der Waals surface area (Å²) in [6.07, 6.45) is 2.21. The zero-order valence-electron chi connectivity index (χ0n) is 8.63. The zero-order chi connectivity index (χ0) is 10.4. The van der Waals surface area contributed by atoms with Gasteiger partial charge in [0.2, 0.25) is 0 Å². The van der Waals surface area contributed by atoms with Crippen LogP contribution >= 0.6 is 0 Å². The van der Waals surface area contributed by atoms with Gasteiger partial charge in [-0.2, -0.15) is 0 Å². The maximum Gasteiger partial charge on any atom is 0.128 e. The molecule has 2 aromatic rings. The number of hydrogen-bond acceptors (Lipinski definition) is 1. The van der Waals surface area contributed by atoms with Crippen LogP contribution in [0.2, 0.25) is 0 Å². The van der Waals surface area contributed by atoms with Gasteiger partial charge in [-0.3, -0.25) is 4.98 Å². The van der Waals surface area contributed by atoms with Crippen LogP contribution in [0.15, 0.2) is 24.3 Å². The molecular formula is C13H12FN. The van der Waals surface area contributed by atoms with Gasteiger partial charge in [0.15, 0.2) is 0 Å². The van der Waals surface area contributed by atoms with Crippen LogP contribution in [-0.2, 0) is 0 Å². The van der Waals surface area contributed by atoms with Gasteiger partial charge < -0.3 is 0 Å². The van der Waals surface area contributed by atoms with Crippen LogP contribution in [0.3, 0.4) is 0 Å². The van der Waals surface area contributed by atoms with Crippen LogP contribution in [0.5, 0.6) is 0 Å². The van der Waals surface area contributed by atoms with E-state index in [4.69, 9.17) is 0 Å². The molecule has 0 N–H and O–H groups in total. The molecule has 0 bridgehead atoms. The number of rotatable bonds is 1. The summed E-state index contributed by atoms with van der Waals surface area (Å²) in [5.74, 6) is 0.311. The molecule has 1 heterocycles. The molecule has 76 valence electrons. The van der Waals surface area contributed by atoms with Crippen molar-refractivity contribution in [3.8, 4) is 0 Å². The number of benzene rings is 1. The third-order valence-electron chi connectivity index (χ3n) is 2.97. The van der Waals surface area contributed by atoms with Crippen molar-refractivity contribution in [2.45, 2.75) is 25.7 Å². The average Bonchev–Trinajstić information content (AvgIpc) is 3.01. The first-order valence-electron chi connectivity index (χ1n) is 5.31. The Hall–Kier alpha value is -1.44. The summed E-state index contributed by atoms with van der Waals surface area (Å²) in [5.41, 5.74) is 2.64. The van der Waals surface area contributed by atoms with Gasteiger partial charge in [0.25, 0.3) is 0 Å². The molecule has 15 heavy (non-hydrogen) atoms. The van der Waals surface area contributed by atoms with Gasteiger partial charge in [0.1, 0.15) is 5.82 Å². The second-order valence-electron chi connectivity index (χ2n) is 4.26. The molecule has 1 aliphatic carbocycles. The first kappa shape index (κ1) is 8.84. The van der Waals surface area contributed by atoms with E-state index >= 15 is 0 Å². The maximum absolute atomic E-state index is 13.7. The molecule has 0 aliphatic heterocycles. The molecule has 3 rings (SSSR count). The van der Waals surface area contributed by atoms with Crippen LogP contribution in [0.25, 0.3) is 10.9 Å². The third kappa shape index (κ3) is 1.41. The van der Waals surface area contributed by atoms with E-state index in [0.717, 1.165) is 35.0 Å². The van der Waals surface area contributed by atoms with Crippen LogP contribution in [0.4, 0.5) is 4.39 Å². The van der Waals surface area contributed by atoms with Gasteiger partial charge in [-0.05, 0) is 43.9 Å². The quantitative estimate of drug-likeness (QED) is 0.687. The average molecular weight is 201 g/mol. The minimum Gasteiger partial charge on any atom is -0.253 e. The Kier molecular flexibility index (Phi) is 1.78. The predicted octanol–water partition coefficient (Wildman–Crippen LogP) is 3.56. The number of nitrogens with zero attached hydrogens (tertiary/aromatic N) is 1. The van der Waals surface area contributed by atoms with Gasteiger partial charge in [0, 0.05) is 16.6 Å². The molecule has 0 saturated heterocycles. The molecule has 0 unspecified atom stereocenters. The van der Waals surface area contributed by atoms with Crippen molar-refractivity contribution in [3.05, 3.63) is 41.3 Å². The minimum atomic E-state index is -0.0944. The summed E-state index contributed by atoms with van der Waals surface area (Å²) >= 11 is 0. The van der Waals surface area contributed by atoms with E-state index in [-0.39, 0.29) is 5.82 Å². The van der Waals surface area contributed by atoms with Crippen molar-refractivity contribution in [2.75, 3.05) is 0 Å². The van der Waals surface area contributed by atoms with Crippen LogP contribution in [0.1, 0.15) is 30.0 Å². The lowest BCUT2D eigenvalue weighted by molar-refractivity contribution is 0.613. The highest BCUT2D eigenvalue weighted by Crippen LogP contribution is 2.43. The molecule has 1 aromatic heterocycles. The highest BCUT2D eigenvalue weighted by molar-refractivity contribution is 5.83. The fourth-order valence-corrected chi connectivity index (χ4v) is 2.04. The summed E-state index contributed by atoms with van der Waals surface area (Å²) in [7, 11) is 0. The van der Waals surface area contributed by atoms with E-state index in [1.54, 1.807) is 6.07 Å². The summed E-state index contributed by atoms with van der Waals surface area (Å²) in [6, 6.07) is 7.36. The maximum atomic E-state index is 13.7. The molecule has 1 fully saturated rings. The lowest BCUT2D eigenvalue weighted by Gasteiger charge is -2.06. The Bertz CT molecular complexity index is 524. The van der Waals surface area contributed by atoms with E-state index in [9.17, 15) is 4.39 Å². The Morgan fingerprint density at radius 3 is 2.67 bits per heavy atom. The van der Waals surface area contributed by atoms with Gasteiger partial charge in [-0.1, -0.05) is 6.07 Å². The zero-order valence-corrected chi connectivity index (χ0v) is 8.63. The highest BCUT2D eigenvalue weighted by atomic mass is 19.1. The molecule has 0 spiro atoms. The van der Waals surface area contributed by atoms with E-state index in [2.05, 4.69) is 4.98 Å². The van der Waals surface area contributed by atoms with E-state index in [1.165, 1.54) is 0 Å². The van der Waals surface area contributed by atoms with Crippen molar-refractivity contribution in [1.29, 1.82) is 0 Å². The Morgan fingerprint density at radius 2 is 1.93 bits per heavy atom. The molecular weight excluding hydrogens is 189 g/mol.